The molecule has 4 rings (SSSR count). The molecule has 0 atom stereocenters. The number of nitrogens with zero attached hydrogens (tertiary/aromatic N) is 3. The third-order valence-corrected chi connectivity index (χ3v) is 8.16. The van der Waals surface area contributed by atoms with E-state index in [1.54, 1.807) is 24.3 Å². The van der Waals surface area contributed by atoms with Gasteiger partial charge in [0, 0.05) is 37.1 Å². The van der Waals surface area contributed by atoms with Crippen LogP contribution in [0.1, 0.15) is 5.56 Å². The molecule has 10 heteroatoms. The van der Waals surface area contributed by atoms with Gasteiger partial charge in [0.05, 0.1) is 24.2 Å². The van der Waals surface area contributed by atoms with Crippen molar-refractivity contribution in [3.8, 4) is 17.0 Å². The average molecular weight is 487 g/mol. The topological polar surface area (TPSA) is 91.8 Å². The molecular formula is C23H26N4O4S2. The van der Waals surface area contributed by atoms with Gasteiger partial charge < -0.3 is 10.1 Å². The lowest BCUT2D eigenvalue weighted by atomic mass is 10.1. The van der Waals surface area contributed by atoms with Crippen LogP contribution in [0.25, 0.3) is 11.3 Å². The Bertz CT molecular complexity index is 1200. The molecule has 0 spiro atoms. The van der Waals surface area contributed by atoms with Crippen molar-refractivity contribution in [2.45, 2.75) is 11.8 Å². The van der Waals surface area contributed by atoms with Gasteiger partial charge in [-0.25, -0.2) is 13.4 Å². The lowest BCUT2D eigenvalue weighted by molar-refractivity contribution is -0.117. The van der Waals surface area contributed by atoms with E-state index in [0.717, 1.165) is 11.3 Å². The van der Waals surface area contributed by atoms with Gasteiger partial charge >= 0.3 is 0 Å². The van der Waals surface area contributed by atoms with Gasteiger partial charge in [-0.3, -0.25) is 9.69 Å². The number of amides is 1. The van der Waals surface area contributed by atoms with Crippen molar-refractivity contribution in [3.63, 3.8) is 0 Å². The normalized spacial score (nSPS) is 15.3. The minimum Gasteiger partial charge on any atom is -0.497 e. The molecule has 1 aromatic heterocycles. The van der Waals surface area contributed by atoms with Crippen LogP contribution in [0, 0.1) is 6.92 Å². The number of hydrogen-bond donors (Lipinski definition) is 1. The average Bonchev–Trinajstić information content (AvgIpc) is 3.28. The van der Waals surface area contributed by atoms with Gasteiger partial charge in [-0.05, 0) is 31.2 Å². The second-order valence-corrected chi connectivity index (χ2v) is 10.6. The molecule has 1 N–H and O–H groups in total. The van der Waals surface area contributed by atoms with E-state index >= 15 is 0 Å². The molecule has 1 aliphatic heterocycles. The fourth-order valence-electron chi connectivity index (χ4n) is 3.57. The Morgan fingerprint density at radius 3 is 2.36 bits per heavy atom. The fraction of sp³-hybridized carbons (Fsp3) is 0.304. The Labute approximate surface area is 197 Å². The van der Waals surface area contributed by atoms with Crippen LogP contribution in [-0.4, -0.2) is 68.3 Å². The van der Waals surface area contributed by atoms with E-state index in [1.807, 2.05) is 41.5 Å². The largest absolute Gasteiger partial charge is 0.497 e. The van der Waals surface area contributed by atoms with E-state index in [4.69, 9.17) is 4.74 Å². The third kappa shape index (κ3) is 5.59. The lowest BCUT2D eigenvalue weighted by Gasteiger charge is -2.33. The molecule has 8 nitrogen and oxygen atoms in total. The molecule has 0 unspecified atom stereocenters. The standard InChI is InChI=1S/C23H26N4O4S2/c1-17-3-5-18(6-4-17)21-16-32-23(24-21)25-22(28)15-26-11-13-27(14-12-26)33(29,30)20-9-7-19(31-2)8-10-20/h3-10,16H,11-15H2,1-2H3,(H,24,25,28). The Balaban J connectivity index is 1.29. The quantitative estimate of drug-likeness (QED) is 0.552. The molecule has 1 aliphatic rings. The number of aromatic nitrogens is 1. The Kier molecular flexibility index (Phi) is 7.08. The molecule has 2 heterocycles. The highest BCUT2D eigenvalue weighted by atomic mass is 32.2. The maximum absolute atomic E-state index is 12.9. The number of sulfonamides is 1. The summed E-state index contributed by atoms with van der Waals surface area (Å²) in [5, 5.41) is 5.32. The van der Waals surface area contributed by atoms with Gasteiger partial charge in [-0.1, -0.05) is 29.8 Å². The summed E-state index contributed by atoms with van der Waals surface area (Å²) in [6, 6.07) is 14.4. The minimum absolute atomic E-state index is 0.161. The number of ether oxygens (including phenoxy) is 1. The van der Waals surface area contributed by atoms with E-state index in [0.29, 0.717) is 37.1 Å². The zero-order chi connectivity index (χ0) is 23.4. The number of nitrogens with one attached hydrogen (secondary N) is 1. The summed E-state index contributed by atoms with van der Waals surface area (Å²) in [6.07, 6.45) is 0. The molecule has 0 bridgehead atoms. The number of piperazine rings is 1. The first-order valence-corrected chi connectivity index (χ1v) is 12.9. The molecule has 33 heavy (non-hydrogen) atoms. The number of carbonyl (C=O) groups is 1. The highest BCUT2D eigenvalue weighted by Crippen LogP contribution is 2.25. The monoisotopic (exact) mass is 486 g/mol. The summed E-state index contributed by atoms with van der Waals surface area (Å²) in [5.74, 6) is 0.447. The van der Waals surface area contributed by atoms with Crippen LogP contribution in [-0.2, 0) is 14.8 Å². The van der Waals surface area contributed by atoms with Gasteiger partial charge in [-0.15, -0.1) is 11.3 Å². The summed E-state index contributed by atoms with van der Waals surface area (Å²) >= 11 is 1.38. The SMILES string of the molecule is COc1ccc(S(=O)(=O)N2CCN(CC(=O)Nc3nc(-c4ccc(C)cc4)cs3)CC2)cc1. The molecule has 1 fully saturated rings. The van der Waals surface area contributed by atoms with E-state index in [1.165, 1.54) is 28.3 Å². The predicted molar refractivity (Wildman–Crippen MR) is 129 cm³/mol. The molecule has 174 valence electrons. The van der Waals surface area contributed by atoms with Crippen molar-refractivity contribution in [1.82, 2.24) is 14.2 Å². The number of methoxy groups -OCH3 is 1. The predicted octanol–water partition coefficient (Wildman–Crippen LogP) is 3.07. The van der Waals surface area contributed by atoms with Crippen molar-refractivity contribution in [3.05, 3.63) is 59.5 Å². The van der Waals surface area contributed by atoms with Crippen LogP contribution in [0.2, 0.25) is 0 Å². The number of benzene rings is 2. The number of carbonyl (C=O) groups excluding carboxylic acids is 1. The maximum Gasteiger partial charge on any atom is 0.243 e. The van der Waals surface area contributed by atoms with Crippen LogP contribution in [0.5, 0.6) is 5.75 Å². The molecular weight excluding hydrogens is 460 g/mol. The van der Waals surface area contributed by atoms with Gasteiger partial charge in [0.15, 0.2) is 5.13 Å². The molecule has 2 aromatic carbocycles. The zero-order valence-corrected chi connectivity index (χ0v) is 20.2. The van der Waals surface area contributed by atoms with E-state index in [2.05, 4.69) is 10.3 Å². The highest BCUT2D eigenvalue weighted by molar-refractivity contribution is 7.89. The third-order valence-electron chi connectivity index (χ3n) is 5.49. The Morgan fingerprint density at radius 1 is 1.06 bits per heavy atom. The zero-order valence-electron chi connectivity index (χ0n) is 18.5. The van der Waals surface area contributed by atoms with E-state index < -0.39 is 10.0 Å². The van der Waals surface area contributed by atoms with Gasteiger partial charge in [0.1, 0.15) is 5.75 Å². The number of hydrogen-bond acceptors (Lipinski definition) is 7. The molecule has 3 aromatic rings. The summed E-state index contributed by atoms with van der Waals surface area (Å²) < 4.78 is 32.3. The first kappa shape index (κ1) is 23.4. The van der Waals surface area contributed by atoms with Gasteiger partial charge in [-0.2, -0.15) is 4.31 Å². The smallest absolute Gasteiger partial charge is 0.243 e. The lowest BCUT2D eigenvalue weighted by Crippen LogP contribution is -2.50. The second kappa shape index (κ2) is 10.0. The first-order valence-electron chi connectivity index (χ1n) is 10.5. The van der Waals surface area contributed by atoms with Crippen molar-refractivity contribution in [2.24, 2.45) is 0 Å². The first-order chi connectivity index (χ1) is 15.8. The maximum atomic E-state index is 12.9. The van der Waals surface area contributed by atoms with Crippen LogP contribution >= 0.6 is 11.3 Å². The Hall–Kier alpha value is -2.79. The summed E-state index contributed by atoms with van der Waals surface area (Å²) in [6.45, 7) is 3.85. The van der Waals surface area contributed by atoms with Crippen molar-refractivity contribution in [2.75, 3.05) is 45.2 Å². The number of rotatable bonds is 7. The summed E-state index contributed by atoms with van der Waals surface area (Å²) in [5.41, 5.74) is 3.01. The van der Waals surface area contributed by atoms with Gasteiger partial charge in [0.2, 0.25) is 15.9 Å². The van der Waals surface area contributed by atoms with Crippen molar-refractivity contribution in [1.29, 1.82) is 0 Å². The molecule has 1 amide bonds. The van der Waals surface area contributed by atoms with Crippen LogP contribution in [0.4, 0.5) is 5.13 Å². The summed E-state index contributed by atoms with van der Waals surface area (Å²) in [7, 11) is -2.03. The minimum atomic E-state index is -3.57. The van der Waals surface area contributed by atoms with Crippen LogP contribution < -0.4 is 10.1 Å². The highest BCUT2D eigenvalue weighted by Gasteiger charge is 2.29. The molecule has 0 aliphatic carbocycles. The van der Waals surface area contributed by atoms with E-state index in [9.17, 15) is 13.2 Å². The summed E-state index contributed by atoms with van der Waals surface area (Å²) in [4.78, 5) is 19.2. The molecule has 1 saturated heterocycles. The molecule has 0 radical (unpaired) electrons. The fourth-order valence-corrected chi connectivity index (χ4v) is 5.73. The van der Waals surface area contributed by atoms with Crippen molar-refractivity contribution < 1.29 is 17.9 Å². The van der Waals surface area contributed by atoms with Crippen LogP contribution in [0.15, 0.2) is 58.8 Å². The van der Waals surface area contributed by atoms with Crippen LogP contribution in [0.3, 0.4) is 0 Å². The number of thiazole rings is 1. The van der Waals surface area contributed by atoms with Gasteiger partial charge in [0.25, 0.3) is 0 Å². The Morgan fingerprint density at radius 2 is 1.73 bits per heavy atom. The van der Waals surface area contributed by atoms with E-state index in [-0.39, 0.29) is 17.3 Å². The second-order valence-electron chi connectivity index (χ2n) is 7.81. The number of anilines is 1. The number of aryl methyl sites for hydroxylation is 1. The van der Waals surface area contributed by atoms with Crippen molar-refractivity contribution >= 4 is 32.4 Å². The molecule has 0 saturated carbocycles.